The van der Waals surface area contributed by atoms with E-state index in [1.807, 2.05) is 6.07 Å². The van der Waals surface area contributed by atoms with Crippen molar-refractivity contribution in [1.82, 2.24) is 0 Å². The summed E-state index contributed by atoms with van der Waals surface area (Å²) >= 11 is 0. The highest BCUT2D eigenvalue weighted by molar-refractivity contribution is 5.69. The molecule has 0 aliphatic carbocycles. The molecule has 1 aromatic rings. The second-order valence-electron chi connectivity index (χ2n) is 2.88. The van der Waals surface area contributed by atoms with Crippen LogP contribution in [0.15, 0.2) is 24.8 Å². The van der Waals surface area contributed by atoms with E-state index in [1.54, 1.807) is 6.92 Å². The maximum atomic E-state index is 10.5. The van der Waals surface area contributed by atoms with Gasteiger partial charge in [0.1, 0.15) is 0 Å². The van der Waals surface area contributed by atoms with Gasteiger partial charge in [-0.15, -0.1) is 0 Å². The molecular formula is C10H8N2O2. The molecule has 1 aromatic carbocycles. The highest BCUT2D eigenvalue weighted by Gasteiger charge is 2.10. The maximum Gasteiger partial charge on any atom is 0.270 e. The van der Waals surface area contributed by atoms with Gasteiger partial charge in [0.2, 0.25) is 0 Å². The summed E-state index contributed by atoms with van der Waals surface area (Å²) in [5, 5.41) is 19.2. The van der Waals surface area contributed by atoms with E-state index in [2.05, 4.69) is 6.58 Å². The Kier molecular flexibility index (Phi) is 2.63. The predicted molar refractivity (Wildman–Crippen MR) is 52.5 cm³/mol. The monoisotopic (exact) mass is 188 g/mol. The zero-order valence-electron chi connectivity index (χ0n) is 7.65. The highest BCUT2D eigenvalue weighted by atomic mass is 16.6. The van der Waals surface area contributed by atoms with E-state index >= 15 is 0 Å². The molecule has 0 amide bonds. The SMILES string of the molecule is C=C(C)c1cc([N+](=O)[O-])ccc1C#N. The van der Waals surface area contributed by atoms with Gasteiger partial charge in [0.25, 0.3) is 5.69 Å². The number of allylic oxidation sites excluding steroid dienone is 1. The molecule has 0 aliphatic heterocycles. The van der Waals surface area contributed by atoms with Gasteiger partial charge in [-0.1, -0.05) is 6.58 Å². The molecule has 0 heterocycles. The molecule has 0 aromatic heterocycles. The Hall–Kier alpha value is -2.15. The standard InChI is InChI=1S/C10H8N2O2/c1-7(2)10-5-9(12(13)14)4-3-8(10)6-11/h3-5H,1H2,2H3. The number of non-ortho nitro benzene ring substituents is 1. The maximum absolute atomic E-state index is 10.5. The zero-order valence-corrected chi connectivity index (χ0v) is 7.65. The first-order chi connectivity index (χ1) is 6.56. The summed E-state index contributed by atoms with van der Waals surface area (Å²) in [5.41, 5.74) is 1.55. The van der Waals surface area contributed by atoms with Gasteiger partial charge in [-0.2, -0.15) is 5.26 Å². The third-order valence-electron chi connectivity index (χ3n) is 1.79. The van der Waals surface area contributed by atoms with Crippen LogP contribution in [0.1, 0.15) is 18.1 Å². The van der Waals surface area contributed by atoms with E-state index in [9.17, 15) is 10.1 Å². The van der Waals surface area contributed by atoms with Crippen molar-refractivity contribution in [2.75, 3.05) is 0 Å². The summed E-state index contributed by atoms with van der Waals surface area (Å²) in [6.07, 6.45) is 0. The fourth-order valence-electron chi connectivity index (χ4n) is 1.10. The average molecular weight is 188 g/mol. The van der Waals surface area contributed by atoms with Gasteiger partial charge < -0.3 is 0 Å². The number of benzene rings is 1. The number of nitro groups is 1. The highest BCUT2D eigenvalue weighted by Crippen LogP contribution is 2.22. The van der Waals surface area contributed by atoms with Gasteiger partial charge >= 0.3 is 0 Å². The Labute approximate surface area is 81.2 Å². The first-order valence-corrected chi connectivity index (χ1v) is 3.90. The Balaban J connectivity index is 3.37. The van der Waals surface area contributed by atoms with Crippen molar-refractivity contribution in [3.05, 3.63) is 46.0 Å². The average Bonchev–Trinajstić information content (AvgIpc) is 2.16. The van der Waals surface area contributed by atoms with Crippen molar-refractivity contribution in [3.63, 3.8) is 0 Å². The molecule has 70 valence electrons. The van der Waals surface area contributed by atoms with Crippen LogP contribution in [0.4, 0.5) is 5.69 Å². The largest absolute Gasteiger partial charge is 0.270 e. The van der Waals surface area contributed by atoms with Gasteiger partial charge in [-0.05, 0) is 18.6 Å². The molecule has 0 saturated carbocycles. The lowest BCUT2D eigenvalue weighted by atomic mass is 10.0. The summed E-state index contributed by atoms with van der Waals surface area (Å²) in [4.78, 5) is 9.98. The molecule has 1 rings (SSSR count). The molecule has 0 atom stereocenters. The van der Waals surface area contributed by atoms with Gasteiger partial charge in [0.15, 0.2) is 0 Å². The number of hydrogen-bond donors (Lipinski definition) is 0. The lowest BCUT2D eigenvalue weighted by Crippen LogP contribution is -1.92. The molecule has 14 heavy (non-hydrogen) atoms. The second-order valence-corrected chi connectivity index (χ2v) is 2.88. The molecule has 0 bridgehead atoms. The Bertz CT molecular complexity index is 444. The van der Waals surface area contributed by atoms with Gasteiger partial charge in [0, 0.05) is 17.7 Å². The molecule has 0 radical (unpaired) electrons. The van der Waals surface area contributed by atoms with Crippen LogP contribution >= 0.6 is 0 Å². The van der Waals surface area contributed by atoms with Crippen LogP contribution in [0.5, 0.6) is 0 Å². The quantitative estimate of drug-likeness (QED) is 0.529. The fraction of sp³-hybridized carbons (Fsp3) is 0.100. The van der Waals surface area contributed by atoms with E-state index in [0.29, 0.717) is 16.7 Å². The first kappa shape index (κ1) is 9.93. The molecule has 0 saturated heterocycles. The van der Waals surface area contributed by atoms with E-state index in [4.69, 9.17) is 5.26 Å². The first-order valence-electron chi connectivity index (χ1n) is 3.90. The minimum atomic E-state index is -0.492. The van der Waals surface area contributed by atoms with Gasteiger partial charge in [-0.3, -0.25) is 10.1 Å². The Morgan fingerprint density at radius 1 is 1.64 bits per heavy atom. The van der Waals surface area contributed by atoms with E-state index in [0.717, 1.165) is 0 Å². The van der Waals surface area contributed by atoms with Crippen LogP contribution in [0, 0.1) is 21.4 Å². The molecule has 0 unspecified atom stereocenters. The van der Waals surface area contributed by atoms with Crippen LogP contribution in [0.25, 0.3) is 5.57 Å². The molecule has 0 spiro atoms. The molecular weight excluding hydrogens is 180 g/mol. The van der Waals surface area contributed by atoms with E-state index in [-0.39, 0.29) is 5.69 Å². The predicted octanol–water partition coefficient (Wildman–Crippen LogP) is 2.50. The zero-order chi connectivity index (χ0) is 10.7. The smallest absolute Gasteiger partial charge is 0.258 e. The number of nitro benzene ring substituents is 1. The van der Waals surface area contributed by atoms with Crippen LogP contribution in [-0.2, 0) is 0 Å². The summed E-state index contributed by atoms with van der Waals surface area (Å²) in [5.74, 6) is 0. The van der Waals surface area contributed by atoms with Crippen molar-refractivity contribution in [2.45, 2.75) is 6.92 Å². The number of nitrogens with zero attached hydrogens (tertiary/aromatic N) is 2. The van der Waals surface area contributed by atoms with Crippen molar-refractivity contribution < 1.29 is 4.92 Å². The van der Waals surface area contributed by atoms with Crippen molar-refractivity contribution >= 4 is 11.3 Å². The number of nitriles is 1. The van der Waals surface area contributed by atoms with E-state index < -0.39 is 4.92 Å². The number of rotatable bonds is 2. The second kappa shape index (κ2) is 3.71. The fourth-order valence-corrected chi connectivity index (χ4v) is 1.10. The summed E-state index contributed by atoms with van der Waals surface area (Å²) in [6.45, 7) is 5.37. The summed E-state index contributed by atoms with van der Waals surface area (Å²) < 4.78 is 0. The topological polar surface area (TPSA) is 66.9 Å². The lowest BCUT2D eigenvalue weighted by molar-refractivity contribution is -0.384. The minimum Gasteiger partial charge on any atom is -0.258 e. The lowest BCUT2D eigenvalue weighted by Gasteiger charge is -2.01. The Morgan fingerprint density at radius 2 is 2.29 bits per heavy atom. The van der Waals surface area contributed by atoms with Gasteiger partial charge in [-0.25, -0.2) is 0 Å². The van der Waals surface area contributed by atoms with Crippen LogP contribution in [-0.4, -0.2) is 4.92 Å². The third kappa shape index (κ3) is 1.77. The van der Waals surface area contributed by atoms with Crippen molar-refractivity contribution in [2.24, 2.45) is 0 Å². The third-order valence-corrected chi connectivity index (χ3v) is 1.79. The normalized spacial score (nSPS) is 9.14. The molecule has 0 N–H and O–H groups in total. The van der Waals surface area contributed by atoms with Crippen LogP contribution < -0.4 is 0 Å². The van der Waals surface area contributed by atoms with Crippen molar-refractivity contribution in [1.29, 1.82) is 5.26 Å². The van der Waals surface area contributed by atoms with Gasteiger partial charge in [0.05, 0.1) is 16.6 Å². The molecule has 0 aliphatic rings. The Morgan fingerprint density at radius 3 is 2.71 bits per heavy atom. The molecule has 0 fully saturated rings. The summed E-state index contributed by atoms with van der Waals surface area (Å²) in [7, 11) is 0. The summed E-state index contributed by atoms with van der Waals surface area (Å²) in [6, 6.07) is 6.06. The molecule has 4 nitrogen and oxygen atoms in total. The minimum absolute atomic E-state index is 0.0259. The van der Waals surface area contributed by atoms with Crippen LogP contribution in [0.2, 0.25) is 0 Å². The molecule has 4 heteroatoms. The number of hydrogen-bond acceptors (Lipinski definition) is 3. The van der Waals surface area contributed by atoms with E-state index in [1.165, 1.54) is 18.2 Å². The van der Waals surface area contributed by atoms with Crippen LogP contribution in [0.3, 0.4) is 0 Å². The van der Waals surface area contributed by atoms with Crippen molar-refractivity contribution in [3.8, 4) is 6.07 Å².